The molecule has 0 spiro atoms. The summed E-state index contributed by atoms with van der Waals surface area (Å²) in [5.41, 5.74) is 7.67. The fourth-order valence-electron chi connectivity index (χ4n) is 2.10. The molecule has 0 radical (unpaired) electrons. The number of rotatable bonds is 5. The lowest BCUT2D eigenvalue weighted by atomic mass is 10.2. The maximum Gasteiger partial charge on any atom is 0.335 e. The van der Waals surface area contributed by atoms with Gasteiger partial charge in [-0.1, -0.05) is 6.07 Å². The molecule has 0 bridgehead atoms. The summed E-state index contributed by atoms with van der Waals surface area (Å²) in [6.07, 6.45) is 0. The van der Waals surface area contributed by atoms with Crippen LogP contribution in [0, 0.1) is 0 Å². The van der Waals surface area contributed by atoms with Crippen molar-refractivity contribution in [2.24, 2.45) is 0 Å². The largest absolute Gasteiger partial charge is 0.478 e. The number of carboxylic acid groups (broad SMARTS) is 1. The lowest BCUT2D eigenvalue weighted by molar-refractivity contribution is 0.0697. The molecule has 2 aromatic carbocycles. The summed E-state index contributed by atoms with van der Waals surface area (Å²) in [6, 6.07) is 12.0. The summed E-state index contributed by atoms with van der Waals surface area (Å²) >= 11 is 5.18. The number of thiocarbonyl (C=S) groups is 1. The molecule has 0 saturated carbocycles. The van der Waals surface area contributed by atoms with Crippen molar-refractivity contribution in [2.75, 3.05) is 12.2 Å². The number of nitrogens with one attached hydrogen (secondary N) is 3. The zero-order chi connectivity index (χ0) is 16.9. The Morgan fingerprint density at radius 1 is 1.12 bits per heavy atom. The van der Waals surface area contributed by atoms with E-state index in [4.69, 9.17) is 26.8 Å². The molecule has 0 atom stereocenters. The predicted molar refractivity (Wildman–Crippen MR) is 92.2 cm³/mol. The summed E-state index contributed by atoms with van der Waals surface area (Å²) < 4.78 is 10.6. The van der Waals surface area contributed by atoms with Crippen LogP contribution in [-0.2, 0) is 6.54 Å². The van der Waals surface area contributed by atoms with Gasteiger partial charge < -0.3 is 19.9 Å². The summed E-state index contributed by atoms with van der Waals surface area (Å²) in [5, 5.41) is 12.3. The Balaban J connectivity index is 1.46. The number of ether oxygens (including phenoxy) is 2. The Bertz CT molecular complexity index is 764. The molecule has 0 fully saturated rings. The minimum atomic E-state index is -0.963. The molecule has 1 aliphatic rings. The van der Waals surface area contributed by atoms with E-state index in [0.29, 0.717) is 17.3 Å². The lowest BCUT2D eigenvalue weighted by Gasteiger charge is -2.13. The molecule has 0 aromatic heterocycles. The van der Waals surface area contributed by atoms with Crippen LogP contribution in [0.3, 0.4) is 0 Å². The van der Waals surface area contributed by atoms with Crippen molar-refractivity contribution in [3.8, 4) is 11.5 Å². The molecular formula is C16H15N3O4S. The first-order chi connectivity index (χ1) is 11.6. The molecule has 0 amide bonds. The van der Waals surface area contributed by atoms with Crippen LogP contribution in [0.15, 0.2) is 42.5 Å². The Morgan fingerprint density at radius 3 is 2.62 bits per heavy atom. The van der Waals surface area contributed by atoms with E-state index in [1.807, 2.05) is 18.2 Å². The van der Waals surface area contributed by atoms with Crippen molar-refractivity contribution in [1.29, 1.82) is 0 Å². The van der Waals surface area contributed by atoms with E-state index in [1.165, 1.54) is 12.1 Å². The third-order valence-electron chi connectivity index (χ3n) is 3.34. The first-order valence-corrected chi connectivity index (χ1v) is 7.54. The normalized spacial score (nSPS) is 11.7. The standard InChI is InChI=1S/C16H15N3O4S/c20-15(21)11-2-4-12(5-3-11)18-19-16(24)17-8-10-1-6-13-14(7-10)23-9-22-13/h1-7,18H,8-9H2,(H,20,21)(H2,17,19,24). The molecule has 3 rings (SSSR count). The summed E-state index contributed by atoms with van der Waals surface area (Å²) in [5.74, 6) is 0.506. The average molecular weight is 345 g/mol. The average Bonchev–Trinajstić information content (AvgIpc) is 3.06. The van der Waals surface area contributed by atoms with Gasteiger partial charge in [-0.3, -0.25) is 10.9 Å². The van der Waals surface area contributed by atoms with Crippen molar-refractivity contribution < 1.29 is 19.4 Å². The summed E-state index contributed by atoms with van der Waals surface area (Å²) in [4.78, 5) is 10.8. The van der Waals surface area contributed by atoms with E-state index in [-0.39, 0.29) is 12.4 Å². The Hall–Kier alpha value is -3.00. The molecule has 7 nitrogen and oxygen atoms in total. The molecule has 0 saturated heterocycles. The van der Waals surface area contributed by atoms with E-state index in [2.05, 4.69) is 16.2 Å². The summed E-state index contributed by atoms with van der Waals surface area (Å²) in [6.45, 7) is 0.777. The van der Waals surface area contributed by atoms with Crippen molar-refractivity contribution in [3.05, 3.63) is 53.6 Å². The topological polar surface area (TPSA) is 91.9 Å². The molecule has 0 aliphatic carbocycles. The van der Waals surface area contributed by atoms with Crippen LogP contribution in [0.4, 0.5) is 5.69 Å². The molecule has 0 unspecified atom stereocenters. The lowest BCUT2D eigenvalue weighted by Crippen LogP contribution is -2.38. The smallest absolute Gasteiger partial charge is 0.335 e. The molecule has 8 heteroatoms. The van der Waals surface area contributed by atoms with Gasteiger partial charge in [0.05, 0.1) is 11.3 Å². The second-order valence-electron chi connectivity index (χ2n) is 5.00. The van der Waals surface area contributed by atoms with Gasteiger partial charge in [0.25, 0.3) is 0 Å². The number of fused-ring (bicyclic) bond motifs is 1. The minimum Gasteiger partial charge on any atom is -0.478 e. The van der Waals surface area contributed by atoms with Gasteiger partial charge in [-0.2, -0.15) is 0 Å². The highest BCUT2D eigenvalue weighted by Gasteiger charge is 2.13. The molecule has 1 heterocycles. The van der Waals surface area contributed by atoms with Crippen molar-refractivity contribution >= 4 is 29.0 Å². The van der Waals surface area contributed by atoms with Gasteiger partial charge in [-0.05, 0) is 54.2 Å². The third kappa shape index (κ3) is 3.85. The molecular weight excluding hydrogens is 330 g/mol. The van der Waals surface area contributed by atoms with Crippen LogP contribution in [0.1, 0.15) is 15.9 Å². The van der Waals surface area contributed by atoms with Crippen LogP contribution in [0.2, 0.25) is 0 Å². The number of aromatic carboxylic acids is 1. The SMILES string of the molecule is O=C(O)c1ccc(NNC(=S)NCc2ccc3c(c2)OCO3)cc1. The highest BCUT2D eigenvalue weighted by Crippen LogP contribution is 2.32. The Labute approximate surface area is 143 Å². The van der Waals surface area contributed by atoms with Gasteiger partial charge in [0.15, 0.2) is 16.6 Å². The number of anilines is 1. The van der Waals surface area contributed by atoms with Crippen molar-refractivity contribution in [1.82, 2.24) is 10.7 Å². The highest BCUT2D eigenvalue weighted by molar-refractivity contribution is 7.80. The second kappa shape index (κ2) is 7.05. The van der Waals surface area contributed by atoms with E-state index >= 15 is 0 Å². The zero-order valence-electron chi connectivity index (χ0n) is 12.5. The summed E-state index contributed by atoms with van der Waals surface area (Å²) in [7, 11) is 0. The number of hydrogen-bond acceptors (Lipinski definition) is 5. The molecule has 124 valence electrons. The van der Waals surface area contributed by atoms with Crippen molar-refractivity contribution in [3.63, 3.8) is 0 Å². The minimum absolute atomic E-state index is 0.226. The van der Waals surface area contributed by atoms with Gasteiger partial charge in [0.1, 0.15) is 0 Å². The van der Waals surface area contributed by atoms with Gasteiger partial charge in [-0.25, -0.2) is 4.79 Å². The number of benzene rings is 2. The van der Waals surface area contributed by atoms with Crippen LogP contribution >= 0.6 is 12.2 Å². The second-order valence-corrected chi connectivity index (χ2v) is 5.41. The molecule has 24 heavy (non-hydrogen) atoms. The van der Waals surface area contributed by atoms with E-state index < -0.39 is 5.97 Å². The van der Waals surface area contributed by atoms with E-state index in [0.717, 1.165) is 17.1 Å². The maximum absolute atomic E-state index is 10.8. The quantitative estimate of drug-likeness (QED) is 0.484. The van der Waals surface area contributed by atoms with Crippen LogP contribution < -0.4 is 25.6 Å². The first-order valence-electron chi connectivity index (χ1n) is 7.13. The Kier molecular flexibility index (Phi) is 4.66. The number of hydrazine groups is 1. The maximum atomic E-state index is 10.8. The van der Waals surface area contributed by atoms with Crippen molar-refractivity contribution in [2.45, 2.75) is 6.54 Å². The van der Waals surface area contributed by atoms with Gasteiger partial charge in [0.2, 0.25) is 6.79 Å². The van der Waals surface area contributed by atoms with Crippen LogP contribution in [0.25, 0.3) is 0 Å². The predicted octanol–water partition coefficient (Wildman–Crippen LogP) is 2.10. The van der Waals surface area contributed by atoms with Crippen LogP contribution in [-0.4, -0.2) is 23.0 Å². The highest BCUT2D eigenvalue weighted by atomic mass is 32.1. The van der Waals surface area contributed by atoms with Gasteiger partial charge in [-0.15, -0.1) is 0 Å². The fraction of sp³-hybridized carbons (Fsp3) is 0.125. The van der Waals surface area contributed by atoms with Gasteiger partial charge in [0, 0.05) is 6.54 Å². The third-order valence-corrected chi connectivity index (χ3v) is 3.59. The van der Waals surface area contributed by atoms with Crippen LogP contribution in [0.5, 0.6) is 11.5 Å². The van der Waals surface area contributed by atoms with E-state index in [9.17, 15) is 4.79 Å². The molecule has 2 aromatic rings. The van der Waals surface area contributed by atoms with E-state index in [1.54, 1.807) is 12.1 Å². The fourth-order valence-corrected chi connectivity index (χ4v) is 2.23. The number of hydrogen-bond donors (Lipinski definition) is 4. The number of carbonyl (C=O) groups is 1. The molecule has 4 N–H and O–H groups in total. The number of carboxylic acids is 1. The first kappa shape index (κ1) is 15.9. The monoisotopic (exact) mass is 345 g/mol. The Morgan fingerprint density at radius 2 is 1.88 bits per heavy atom. The zero-order valence-corrected chi connectivity index (χ0v) is 13.4. The van der Waals surface area contributed by atoms with Gasteiger partial charge >= 0.3 is 5.97 Å². The molecule has 1 aliphatic heterocycles.